The zero-order valence-corrected chi connectivity index (χ0v) is 10.8. The fourth-order valence-electron chi connectivity index (χ4n) is 1.54. The van der Waals surface area contributed by atoms with Gasteiger partial charge in [-0.3, -0.25) is 0 Å². The van der Waals surface area contributed by atoms with E-state index in [0.29, 0.717) is 6.04 Å². The monoisotopic (exact) mass is 233 g/mol. The van der Waals surface area contributed by atoms with Gasteiger partial charge in [-0.2, -0.15) is 0 Å². The first-order valence-corrected chi connectivity index (χ1v) is 6.70. The van der Waals surface area contributed by atoms with E-state index >= 15 is 0 Å². The van der Waals surface area contributed by atoms with E-state index in [9.17, 15) is 0 Å². The van der Waals surface area contributed by atoms with Crippen molar-refractivity contribution in [3.8, 4) is 12.3 Å². The molecular formula is C14H19NS. The Hall–Kier alpha value is -0.910. The molecule has 0 aliphatic heterocycles. The summed E-state index contributed by atoms with van der Waals surface area (Å²) in [7, 11) is 0. The summed E-state index contributed by atoms with van der Waals surface area (Å²) in [5.74, 6) is 4.51. The van der Waals surface area contributed by atoms with Crippen molar-refractivity contribution in [1.82, 2.24) is 5.32 Å². The number of benzene rings is 1. The molecule has 1 unspecified atom stereocenters. The molecule has 1 aromatic carbocycles. The van der Waals surface area contributed by atoms with Crippen LogP contribution >= 0.6 is 11.8 Å². The predicted molar refractivity (Wildman–Crippen MR) is 73.8 cm³/mol. The predicted octanol–water partition coefficient (Wildman–Crippen LogP) is 3.01. The zero-order chi connectivity index (χ0) is 11.8. The summed E-state index contributed by atoms with van der Waals surface area (Å²) >= 11 is 1.79. The van der Waals surface area contributed by atoms with Gasteiger partial charge in [-0.1, -0.05) is 35.7 Å². The van der Waals surface area contributed by atoms with Gasteiger partial charge in [-0.05, 0) is 19.4 Å². The third-order valence-electron chi connectivity index (χ3n) is 2.42. The van der Waals surface area contributed by atoms with Crippen molar-refractivity contribution in [3.63, 3.8) is 0 Å². The lowest BCUT2D eigenvalue weighted by Gasteiger charge is -2.14. The molecule has 0 fully saturated rings. The smallest absolute Gasteiger partial charge is 0.0545 e. The van der Waals surface area contributed by atoms with Gasteiger partial charge >= 0.3 is 0 Å². The van der Waals surface area contributed by atoms with Crippen LogP contribution in [0.5, 0.6) is 0 Å². The van der Waals surface area contributed by atoms with Gasteiger partial charge in [0, 0.05) is 18.3 Å². The van der Waals surface area contributed by atoms with Gasteiger partial charge in [0.05, 0.1) is 5.75 Å². The minimum Gasteiger partial charge on any atom is -0.309 e. The molecule has 0 heterocycles. The molecule has 1 rings (SSSR count). The Kier molecular flexibility index (Phi) is 6.07. The summed E-state index contributed by atoms with van der Waals surface area (Å²) in [4.78, 5) is 0. The van der Waals surface area contributed by atoms with Crippen molar-refractivity contribution in [2.75, 3.05) is 18.1 Å². The molecule has 1 atom stereocenters. The molecule has 0 spiro atoms. The highest BCUT2D eigenvalue weighted by Crippen LogP contribution is 2.13. The van der Waals surface area contributed by atoms with Crippen LogP contribution in [0.1, 0.15) is 24.1 Å². The minimum absolute atomic E-state index is 0.409. The van der Waals surface area contributed by atoms with Crippen LogP contribution in [0.3, 0.4) is 0 Å². The van der Waals surface area contributed by atoms with Crippen LogP contribution in [0.2, 0.25) is 0 Å². The van der Waals surface area contributed by atoms with Gasteiger partial charge in [0.2, 0.25) is 0 Å². The van der Waals surface area contributed by atoms with Crippen molar-refractivity contribution in [1.29, 1.82) is 0 Å². The van der Waals surface area contributed by atoms with Crippen molar-refractivity contribution in [2.45, 2.75) is 19.9 Å². The van der Waals surface area contributed by atoms with Crippen LogP contribution in [0.15, 0.2) is 24.3 Å². The Balaban J connectivity index is 2.30. The lowest BCUT2D eigenvalue weighted by Crippen LogP contribution is -2.21. The topological polar surface area (TPSA) is 12.0 Å². The van der Waals surface area contributed by atoms with Crippen molar-refractivity contribution >= 4 is 11.8 Å². The molecule has 0 aliphatic rings. The van der Waals surface area contributed by atoms with Gasteiger partial charge in [-0.25, -0.2) is 0 Å². The molecule has 0 aliphatic carbocycles. The average molecular weight is 233 g/mol. The second kappa shape index (κ2) is 7.38. The SMILES string of the molecule is C#CCSCCNC(C)c1cccc(C)c1. The molecule has 0 aromatic heterocycles. The van der Waals surface area contributed by atoms with E-state index in [1.54, 1.807) is 11.8 Å². The summed E-state index contributed by atoms with van der Waals surface area (Å²) < 4.78 is 0. The fourth-order valence-corrected chi connectivity index (χ4v) is 2.06. The first-order chi connectivity index (χ1) is 7.74. The molecule has 86 valence electrons. The van der Waals surface area contributed by atoms with Crippen LogP contribution in [0.4, 0.5) is 0 Å². The molecule has 1 nitrogen and oxygen atoms in total. The van der Waals surface area contributed by atoms with Gasteiger partial charge in [0.25, 0.3) is 0 Å². The largest absolute Gasteiger partial charge is 0.309 e. The van der Waals surface area contributed by atoms with Crippen LogP contribution in [0.25, 0.3) is 0 Å². The van der Waals surface area contributed by atoms with E-state index in [4.69, 9.17) is 6.42 Å². The number of nitrogens with one attached hydrogen (secondary N) is 1. The van der Waals surface area contributed by atoms with Gasteiger partial charge < -0.3 is 5.32 Å². The minimum atomic E-state index is 0.409. The highest BCUT2D eigenvalue weighted by atomic mass is 32.2. The molecule has 2 heteroatoms. The van der Waals surface area contributed by atoms with E-state index in [1.807, 2.05) is 0 Å². The highest BCUT2D eigenvalue weighted by Gasteiger charge is 2.03. The van der Waals surface area contributed by atoms with E-state index in [1.165, 1.54) is 11.1 Å². The summed E-state index contributed by atoms with van der Waals surface area (Å²) in [5, 5.41) is 3.50. The molecule has 0 bridgehead atoms. The molecule has 1 N–H and O–H groups in total. The first kappa shape index (κ1) is 13.2. The lowest BCUT2D eigenvalue weighted by molar-refractivity contribution is 0.601. The maximum Gasteiger partial charge on any atom is 0.0545 e. The standard InChI is InChI=1S/C14H19NS/c1-4-9-16-10-8-15-13(3)14-7-5-6-12(2)11-14/h1,5-7,11,13,15H,8-10H2,2-3H3. The number of hydrogen-bond donors (Lipinski definition) is 1. The summed E-state index contributed by atoms with van der Waals surface area (Å²) in [6.07, 6.45) is 5.19. The maximum absolute atomic E-state index is 5.19. The number of rotatable bonds is 6. The Labute approximate surface area is 103 Å². The Morgan fingerprint density at radius 1 is 1.50 bits per heavy atom. The van der Waals surface area contributed by atoms with Gasteiger partial charge in [0.1, 0.15) is 0 Å². The third-order valence-corrected chi connectivity index (χ3v) is 3.29. The number of hydrogen-bond acceptors (Lipinski definition) is 2. The van der Waals surface area contributed by atoms with Crippen molar-refractivity contribution < 1.29 is 0 Å². The zero-order valence-electron chi connectivity index (χ0n) is 9.99. The molecule has 16 heavy (non-hydrogen) atoms. The van der Waals surface area contributed by atoms with Crippen LogP contribution < -0.4 is 5.32 Å². The molecule has 0 saturated heterocycles. The Bertz CT molecular complexity index is 354. The van der Waals surface area contributed by atoms with E-state index in [0.717, 1.165) is 18.1 Å². The summed E-state index contributed by atoms with van der Waals surface area (Å²) in [5.41, 5.74) is 2.66. The fraction of sp³-hybridized carbons (Fsp3) is 0.429. The first-order valence-electron chi connectivity index (χ1n) is 5.55. The normalized spacial score (nSPS) is 12.1. The highest BCUT2D eigenvalue weighted by molar-refractivity contribution is 7.99. The quantitative estimate of drug-likeness (QED) is 0.599. The van der Waals surface area contributed by atoms with Crippen LogP contribution in [0, 0.1) is 19.3 Å². The Morgan fingerprint density at radius 2 is 2.31 bits per heavy atom. The molecule has 0 amide bonds. The molecular weight excluding hydrogens is 214 g/mol. The lowest BCUT2D eigenvalue weighted by atomic mass is 10.1. The van der Waals surface area contributed by atoms with Crippen LogP contribution in [-0.4, -0.2) is 18.1 Å². The van der Waals surface area contributed by atoms with E-state index in [-0.39, 0.29) is 0 Å². The van der Waals surface area contributed by atoms with Crippen molar-refractivity contribution in [2.24, 2.45) is 0 Å². The van der Waals surface area contributed by atoms with E-state index in [2.05, 4.69) is 49.4 Å². The third kappa shape index (κ3) is 4.74. The average Bonchev–Trinajstić information content (AvgIpc) is 2.28. The molecule has 0 radical (unpaired) electrons. The number of terminal acetylenes is 1. The van der Waals surface area contributed by atoms with Gasteiger partial charge in [0.15, 0.2) is 0 Å². The second-order valence-corrected chi connectivity index (χ2v) is 4.95. The Morgan fingerprint density at radius 3 is 3.00 bits per heavy atom. The second-order valence-electron chi connectivity index (χ2n) is 3.85. The maximum atomic E-state index is 5.19. The number of aryl methyl sites for hydroxylation is 1. The summed E-state index contributed by atoms with van der Waals surface area (Å²) in [6.45, 7) is 5.32. The summed E-state index contributed by atoms with van der Waals surface area (Å²) in [6, 6.07) is 9.03. The van der Waals surface area contributed by atoms with Gasteiger partial charge in [-0.15, -0.1) is 18.2 Å². The number of thioether (sulfide) groups is 1. The molecule has 1 aromatic rings. The van der Waals surface area contributed by atoms with Crippen molar-refractivity contribution in [3.05, 3.63) is 35.4 Å². The van der Waals surface area contributed by atoms with E-state index < -0.39 is 0 Å². The van der Waals surface area contributed by atoms with Crippen LogP contribution in [-0.2, 0) is 0 Å². The molecule has 0 saturated carbocycles.